The fraction of sp³-hybridized carbons (Fsp3) is 0.111. The Bertz CT molecular complexity index is 788. The van der Waals surface area contributed by atoms with E-state index in [0.717, 1.165) is 11.3 Å². The Morgan fingerprint density at radius 3 is 2.54 bits per heavy atom. The summed E-state index contributed by atoms with van der Waals surface area (Å²) in [5.41, 5.74) is 6.33. The highest BCUT2D eigenvalue weighted by atomic mass is 16.5. The third-order valence-corrected chi connectivity index (χ3v) is 3.01. The molecular formula is C18H17N3O5. The number of carbonyl (C=O) groups is 3. The molecule has 8 heteroatoms. The number of nitrogens with two attached hydrogens (primary N) is 1. The normalized spacial score (nSPS) is 10.3. The third-order valence-electron chi connectivity index (χ3n) is 3.01. The van der Waals surface area contributed by atoms with Crippen LogP contribution in [0.5, 0.6) is 5.75 Å². The van der Waals surface area contributed by atoms with E-state index in [1.165, 1.54) is 12.2 Å². The lowest BCUT2D eigenvalue weighted by atomic mass is 10.2. The summed E-state index contributed by atoms with van der Waals surface area (Å²) in [6.45, 7) is -0.234. The van der Waals surface area contributed by atoms with Gasteiger partial charge in [-0.2, -0.15) is 0 Å². The van der Waals surface area contributed by atoms with Gasteiger partial charge in [0.2, 0.25) is 0 Å². The van der Waals surface area contributed by atoms with Gasteiger partial charge in [0, 0.05) is 12.3 Å². The van der Waals surface area contributed by atoms with Crippen LogP contribution in [0, 0.1) is 0 Å². The number of pyridine rings is 1. The summed E-state index contributed by atoms with van der Waals surface area (Å²) < 4.78 is 10.3. The smallest absolute Gasteiger partial charge is 0.331 e. The molecule has 2 aromatic rings. The Balaban J connectivity index is 1.78. The number of esters is 1. The Morgan fingerprint density at radius 2 is 1.88 bits per heavy atom. The van der Waals surface area contributed by atoms with Crippen LogP contribution in [0.3, 0.4) is 0 Å². The summed E-state index contributed by atoms with van der Waals surface area (Å²) in [6.07, 6.45) is 4.39. The molecule has 0 aliphatic carbocycles. The number of nitrogens with one attached hydrogen (secondary N) is 1. The number of hydrogen-bond acceptors (Lipinski definition) is 6. The molecule has 0 saturated carbocycles. The van der Waals surface area contributed by atoms with Gasteiger partial charge in [-0.3, -0.25) is 15.1 Å². The summed E-state index contributed by atoms with van der Waals surface area (Å²) in [6, 6.07) is 11.6. The first-order chi connectivity index (χ1) is 12.5. The summed E-state index contributed by atoms with van der Waals surface area (Å²) in [5.74, 6) is -0.854. The number of urea groups is 1. The topological polar surface area (TPSA) is 121 Å². The Morgan fingerprint density at radius 1 is 1.12 bits per heavy atom. The molecule has 3 amide bonds. The van der Waals surface area contributed by atoms with Gasteiger partial charge in [-0.1, -0.05) is 18.2 Å². The maximum Gasteiger partial charge on any atom is 0.331 e. The molecule has 0 aliphatic heterocycles. The van der Waals surface area contributed by atoms with Crippen molar-refractivity contribution in [2.45, 2.75) is 6.61 Å². The van der Waals surface area contributed by atoms with Crippen LogP contribution in [-0.2, 0) is 20.9 Å². The number of primary amides is 1. The van der Waals surface area contributed by atoms with E-state index in [1.807, 2.05) is 18.2 Å². The number of imide groups is 1. The van der Waals surface area contributed by atoms with Crippen LogP contribution in [0.1, 0.15) is 11.3 Å². The Labute approximate surface area is 149 Å². The van der Waals surface area contributed by atoms with Crippen LogP contribution in [-0.4, -0.2) is 29.5 Å². The number of benzene rings is 1. The number of hydrogen-bond donors (Lipinski definition) is 2. The highest BCUT2D eigenvalue weighted by Crippen LogP contribution is 2.14. The summed E-state index contributed by atoms with van der Waals surface area (Å²) >= 11 is 0. The SMILES string of the molecule is NC(=O)NC(=O)COC(=O)C=Cc1ccc(OCc2ccccn2)cc1. The number of rotatable bonds is 7. The van der Waals surface area contributed by atoms with Crippen LogP contribution in [0.2, 0.25) is 0 Å². The molecule has 1 aromatic carbocycles. The van der Waals surface area contributed by atoms with E-state index in [4.69, 9.17) is 10.5 Å². The molecule has 0 spiro atoms. The molecular weight excluding hydrogens is 338 g/mol. The molecule has 3 N–H and O–H groups in total. The highest BCUT2D eigenvalue weighted by molar-refractivity contribution is 5.95. The molecule has 0 radical (unpaired) electrons. The molecule has 0 unspecified atom stereocenters. The number of carbonyl (C=O) groups excluding carboxylic acids is 3. The molecule has 1 heterocycles. The lowest BCUT2D eigenvalue weighted by molar-refractivity contribution is -0.143. The first-order valence-corrected chi connectivity index (χ1v) is 7.60. The van der Waals surface area contributed by atoms with E-state index in [1.54, 1.807) is 35.8 Å². The van der Waals surface area contributed by atoms with Crippen molar-refractivity contribution < 1.29 is 23.9 Å². The molecule has 26 heavy (non-hydrogen) atoms. The van der Waals surface area contributed by atoms with Gasteiger partial charge >= 0.3 is 12.0 Å². The van der Waals surface area contributed by atoms with E-state index in [-0.39, 0.29) is 0 Å². The maximum absolute atomic E-state index is 11.5. The average molecular weight is 355 g/mol. The van der Waals surface area contributed by atoms with Gasteiger partial charge in [0.1, 0.15) is 12.4 Å². The molecule has 0 fully saturated rings. The van der Waals surface area contributed by atoms with Crippen molar-refractivity contribution in [2.75, 3.05) is 6.61 Å². The van der Waals surface area contributed by atoms with Gasteiger partial charge < -0.3 is 15.2 Å². The minimum absolute atomic E-state index is 0.357. The molecule has 1 aromatic heterocycles. The largest absolute Gasteiger partial charge is 0.487 e. The van der Waals surface area contributed by atoms with Gasteiger partial charge in [0.25, 0.3) is 5.91 Å². The van der Waals surface area contributed by atoms with Gasteiger partial charge in [0.05, 0.1) is 5.69 Å². The third kappa shape index (κ3) is 6.83. The second-order valence-corrected chi connectivity index (χ2v) is 5.03. The number of amides is 3. The molecule has 2 rings (SSSR count). The number of ether oxygens (including phenoxy) is 2. The highest BCUT2D eigenvalue weighted by Gasteiger charge is 2.06. The minimum atomic E-state index is -1.01. The molecule has 0 saturated heterocycles. The lowest BCUT2D eigenvalue weighted by Gasteiger charge is -2.05. The molecule has 0 bridgehead atoms. The first-order valence-electron chi connectivity index (χ1n) is 7.60. The van der Waals surface area contributed by atoms with Crippen LogP contribution in [0.15, 0.2) is 54.7 Å². The number of aromatic nitrogens is 1. The van der Waals surface area contributed by atoms with Crippen molar-refractivity contribution in [3.05, 3.63) is 66.0 Å². The Kier molecular flexibility index (Phi) is 6.87. The molecule has 8 nitrogen and oxygen atoms in total. The zero-order valence-corrected chi connectivity index (χ0v) is 13.8. The second-order valence-electron chi connectivity index (χ2n) is 5.03. The summed E-state index contributed by atoms with van der Waals surface area (Å²) in [4.78, 5) is 37.2. The van der Waals surface area contributed by atoms with Crippen molar-refractivity contribution in [1.82, 2.24) is 10.3 Å². The molecule has 0 aliphatic rings. The standard InChI is InChI=1S/C18H17N3O5/c19-18(24)21-16(22)12-26-17(23)9-6-13-4-7-15(8-5-13)25-11-14-3-1-2-10-20-14/h1-10H,11-12H2,(H3,19,21,22,24). The van der Waals surface area contributed by atoms with E-state index in [0.29, 0.717) is 12.4 Å². The van der Waals surface area contributed by atoms with Crippen LogP contribution in [0.25, 0.3) is 6.08 Å². The fourth-order valence-electron chi connectivity index (χ4n) is 1.84. The van der Waals surface area contributed by atoms with Gasteiger partial charge in [-0.15, -0.1) is 0 Å². The minimum Gasteiger partial charge on any atom is -0.487 e. The zero-order valence-electron chi connectivity index (χ0n) is 13.8. The maximum atomic E-state index is 11.5. The van der Waals surface area contributed by atoms with E-state index in [2.05, 4.69) is 9.72 Å². The van der Waals surface area contributed by atoms with Crippen LogP contribution < -0.4 is 15.8 Å². The van der Waals surface area contributed by atoms with Crippen molar-refractivity contribution in [1.29, 1.82) is 0 Å². The second kappa shape index (κ2) is 9.58. The predicted octanol–water partition coefficient (Wildman–Crippen LogP) is 1.41. The van der Waals surface area contributed by atoms with E-state index < -0.39 is 24.5 Å². The van der Waals surface area contributed by atoms with Gasteiger partial charge in [-0.05, 0) is 35.9 Å². The fourth-order valence-corrected chi connectivity index (χ4v) is 1.84. The first kappa shape index (κ1) is 18.7. The van der Waals surface area contributed by atoms with Crippen molar-refractivity contribution in [2.24, 2.45) is 5.73 Å². The average Bonchev–Trinajstić information content (AvgIpc) is 2.64. The van der Waals surface area contributed by atoms with Crippen molar-refractivity contribution >= 4 is 24.0 Å². The zero-order chi connectivity index (χ0) is 18.8. The van der Waals surface area contributed by atoms with E-state index >= 15 is 0 Å². The summed E-state index contributed by atoms with van der Waals surface area (Å²) in [7, 11) is 0. The molecule has 134 valence electrons. The predicted molar refractivity (Wildman–Crippen MR) is 92.7 cm³/mol. The van der Waals surface area contributed by atoms with Crippen molar-refractivity contribution in [3.63, 3.8) is 0 Å². The quantitative estimate of drug-likeness (QED) is 0.572. The lowest BCUT2D eigenvalue weighted by Crippen LogP contribution is -2.37. The Hall–Kier alpha value is -3.68. The number of nitrogens with zero attached hydrogens (tertiary/aromatic N) is 1. The monoisotopic (exact) mass is 355 g/mol. The van der Waals surface area contributed by atoms with Gasteiger partial charge in [-0.25, -0.2) is 9.59 Å². The van der Waals surface area contributed by atoms with E-state index in [9.17, 15) is 14.4 Å². The van der Waals surface area contributed by atoms with Crippen LogP contribution in [0.4, 0.5) is 4.79 Å². The van der Waals surface area contributed by atoms with Crippen LogP contribution >= 0.6 is 0 Å². The van der Waals surface area contributed by atoms with Crippen molar-refractivity contribution in [3.8, 4) is 5.75 Å². The molecule has 0 atom stereocenters. The van der Waals surface area contributed by atoms with Gasteiger partial charge in [0.15, 0.2) is 6.61 Å². The summed E-state index contributed by atoms with van der Waals surface area (Å²) in [5, 5.41) is 1.78.